The number of imide groups is 1. The van der Waals surface area contributed by atoms with Crippen molar-refractivity contribution in [3.63, 3.8) is 0 Å². The summed E-state index contributed by atoms with van der Waals surface area (Å²) in [4.78, 5) is 39.3. The monoisotopic (exact) mass is 549 g/mol. The summed E-state index contributed by atoms with van der Waals surface area (Å²) in [5.41, 5.74) is 2.18. The van der Waals surface area contributed by atoms with Crippen molar-refractivity contribution in [1.29, 1.82) is 0 Å². The van der Waals surface area contributed by atoms with Gasteiger partial charge in [-0.3, -0.25) is 14.5 Å². The largest absolute Gasteiger partial charge is 0.412 e. The highest BCUT2D eigenvalue weighted by Crippen LogP contribution is 2.42. The Balaban J connectivity index is 1.54. The lowest BCUT2D eigenvalue weighted by molar-refractivity contribution is -0.111. The van der Waals surface area contributed by atoms with Crippen LogP contribution in [0.5, 0.6) is 0 Å². The van der Waals surface area contributed by atoms with Crippen LogP contribution in [0.1, 0.15) is 73.2 Å². The highest BCUT2D eigenvalue weighted by molar-refractivity contribution is 6.74. The average molecular weight is 550 g/mol. The number of carbonyl (C=O) groups is 3. The molecule has 39 heavy (non-hydrogen) atoms. The van der Waals surface area contributed by atoms with Crippen molar-refractivity contribution in [2.24, 2.45) is 11.8 Å². The highest BCUT2D eigenvalue weighted by Gasteiger charge is 2.46. The summed E-state index contributed by atoms with van der Waals surface area (Å²) < 4.78 is 13.4. The zero-order chi connectivity index (χ0) is 28.4. The molecule has 6 nitrogen and oxygen atoms in total. The first-order chi connectivity index (χ1) is 18.4. The van der Waals surface area contributed by atoms with E-state index in [9.17, 15) is 14.4 Å². The lowest BCUT2D eigenvalue weighted by Gasteiger charge is -2.40. The van der Waals surface area contributed by atoms with E-state index in [4.69, 9.17) is 9.16 Å². The minimum atomic E-state index is -2.23. The van der Waals surface area contributed by atoms with Gasteiger partial charge in [-0.1, -0.05) is 70.2 Å². The molecular formula is C32H43NO5Si. The first-order valence-electron chi connectivity index (χ1n) is 14.2. The van der Waals surface area contributed by atoms with Crippen molar-refractivity contribution in [3.05, 3.63) is 71.3 Å². The van der Waals surface area contributed by atoms with Crippen LogP contribution in [0.15, 0.2) is 54.6 Å². The molecule has 0 spiro atoms. The molecule has 0 aromatic heterocycles. The number of hydrogen-bond donors (Lipinski definition) is 0. The number of benzene rings is 2. The molecule has 0 bridgehead atoms. The molecule has 2 amide bonds. The summed E-state index contributed by atoms with van der Waals surface area (Å²) in [5, 5.41) is -0.0341. The molecule has 2 aromatic carbocycles. The Morgan fingerprint density at radius 3 is 2.13 bits per heavy atom. The fraction of sp³-hybridized carbons (Fsp3) is 0.531. The Bertz CT molecular complexity index is 1140. The fourth-order valence-corrected chi connectivity index (χ4v) is 7.06. The van der Waals surface area contributed by atoms with E-state index in [2.05, 4.69) is 65.1 Å². The third kappa shape index (κ3) is 6.42. The Hall–Kier alpha value is -2.61. The molecule has 2 aromatic rings. The first-order valence-corrected chi connectivity index (χ1v) is 17.1. The maximum Gasteiger partial charge on any atom is 0.261 e. The molecule has 2 aliphatic rings. The zero-order valence-electron chi connectivity index (χ0n) is 24.2. The van der Waals surface area contributed by atoms with Crippen LogP contribution in [-0.4, -0.2) is 56.2 Å². The SMILES string of the molecule is C[C@H]1C(CC(CN2C(=O)c3ccccc3C2=O)O[Si](C)(C)C(C)(C)C)O[C@@H](CC=O)C1CCc1ccccc1. The van der Waals surface area contributed by atoms with E-state index in [1.165, 1.54) is 10.5 Å². The summed E-state index contributed by atoms with van der Waals surface area (Å²) >= 11 is 0. The molecule has 3 unspecified atom stereocenters. The molecule has 2 aliphatic heterocycles. The second-order valence-electron chi connectivity index (χ2n) is 12.7. The van der Waals surface area contributed by atoms with E-state index in [0.717, 1.165) is 19.1 Å². The van der Waals surface area contributed by atoms with Gasteiger partial charge in [-0.15, -0.1) is 0 Å². The maximum absolute atomic E-state index is 13.2. The van der Waals surface area contributed by atoms with E-state index in [-0.39, 0.29) is 53.5 Å². The van der Waals surface area contributed by atoms with Crippen LogP contribution >= 0.6 is 0 Å². The molecule has 1 saturated heterocycles. The van der Waals surface area contributed by atoms with E-state index >= 15 is 0 Å². The van der Waals surface area contributed by atoms with Crippen LogP contribution in [0.2, 0.25) is 18.1 Å². The normalized spacial score (nSPS) is 24.2. The number of ether oxygens (including phenoxy) is 1. The van der Waals surface area contributed by atoms with Crippen LogP contribution in [0.4, 0.5) is 0 Å². The molecule has 0 N–H and O–H groups in total. The standard InChI is InChI=1S/C32H43NO5Si/c1-22-25(17-16-23-12-8-7-9-13-23)28(18-19-34)37-29(22)20-24(38-39(5,6)32(2,3)4)21-33-30(35)26-14-10-11-15-27(26)31(33)36/h7-15,19,22,24-25,28-29H,16-18,20-21H2,1-6H3/t22-,24?,25?,28+,29?/m1/s1. The number of carbonyl (C=O) groups excluding carboxylic acids is 3. The lowest BCUT2D eigenvalue weighted by Crippen LogP contribution is -2.49. The van der Waals surface area contributed by atoms with E-state index in [1.54, 1.807) is 24.3 Å². The number of aryl methyl sites for hydroxylation is 1. The summed E-state index contributed by atoms with van der Waals surface area (Å²) in [6.45, 7) is 13.3. The molecule has 0 aliphatic carbocycles. The number of nitrogens with zero attached hydrogens (tertiary/aromatic N) is 1. The van der Waals surface area contributed by atoms with Crippen LogP contribution in [-0.2, 0) is 20.4 Å². The predicted molar refractivity (Wildman–Crippen MR) is 155 cm³/mol. The first kappa shape index (κ1) is 29.4. The minimum absolute atomic E-state index is 0.0341. The van der Waals surface area contributed by atoms with Crippen molar-refractivity contribution >= 4 is 26.4 Å². The van der Waals surface area contributed by atoms with Gasteiger partial charge in [0.15, 0.2) is 8.32 Å². The van der Waals surface area contributed by atoms with Gasteiger partial charge in [-0.2, -0.15) is 0 Å². The molecule has 0 saturated carbocycles. The van der Waals surface area contributed by atoms with Crippen molar-refractivity contribution in [3.8, 4) is 0 Å². The minimum Gasteiger partial charge on any atom is -0.412 e. The van der Waals surface area contributed by atoms with E-state index in [0.29, 0.717) is 24.0 Å². The Kier molecular flexibility index (Phi) is 8.94. The van der Waals surface area contributed by atoms with Crippen LogP contribution in [0, 0.1) is 11.8 Å². The van der Waals surface area contributed by atoms with Crippen LogP contribution < -0.4 is 0 Å². The predicted octanol–water partition coefficient (Wildman–Crippen LogP) is 6.30. The third-order valence-corrected chi connectivity index (χ3v) is 13.6. The fourth-order valence-electron chi connectivity index (χ4n) is 5.71. The topological polar surface area (TPSA) is 72.9 Å². The summed E-state index contributed by atoms with van der Waals surface area (Å²) in [7, 11) is -2.23. The van der Waals surface area contributed by atoms with E-state index in [1.807, 2.05) is 6.07 Å². The summed E-state index contributed by atoms with van der Waals surface area (Å²) in [6, 6.07) is 17.4. The van der Waals surface area contributed by atoms with Gasteiger partial charge in [0.05, 0.1) is 36.0 Å². The molecule has 7 heteroatoms. The number of aldehydes is 1. The van der Waals surface area contributed by atoms with Gasteiger partial charge in [-0.25, -0.2) is 0 Å². The smallest absolute Gasteiger partial charge is 0.261 e. The number of rotatable bonds is 11. The van der Waals surface area contributed by atoms with Gasteiger partial charge in [-0.05, 0) is 60.5 Å². The molecule has 210 valence electrons. The van der Waals surface area contributed by atoms with E-state index < -0.39 is 8.32 Å². The van der Waals surface area contributed by atoms with Crippen molar-refractivity contribution < 1.29 is 23.5 Å². The Labute approximate surface area is 234 Å². The zero-order valence-corrected chi connectivity index (χ0v) is 25.2. The van der Waals surface area contributed by atoms with Gasteiger partial charge in [0.2, 0.25) is 0 Å². The van der Waals surface area contributed by atoms with Crippen LogP contribution in [0.3, 0.4) is 0 Å². The molecule has 5 atom stereocenters. The molecule has 1 fully saturated rings. The maximum atomic E-state index is 13.2. The number of fused-ring (bicyclic) bond motifs is 1. The summed E-state index contributed by atoms with van der Waals surface area (Å²) in [5.74, 6) is -0.0710. The van der Waals surface area contributed by atoms with Crippen molar-refractivity contribution in [1.82, 2.24) is 4.90 Å². The number of hydrogen-bond acceptors (Lipinski definition) is 5. The van der Waals surface area contributed by atoms with Gasteiger partial charge < -0.3 is 14.0 Å². The summed E-state index contributed by atoms with van der Waals surface area (Å²) in [6.07, 6.45) is 3.14. The molecule has 2 heterocycles. The lowest BCUT2D eigenvalue weighted by atomic mass is 9.82. The number of amides is 2. The van der Waals surface area contributed by atoms with Crippen molar-refractivity contribution in [2.45, 2.75) is 89.8 Å². The van der Waals surface area contributed by atoms with Gasteiger partial charge >= 0.3 is 0 Å². The molecular weight excluding hydrogens is 506 g/mol. The second kappa shape index (κ2) is 11.9. The third-order valence-electron chi connectivity index (χ3n) is 9.05. The quantitative estimate of drug-likeness (QED) is 0.187. The van der Waals surface area contributed by atoms with Crippen LogP contribution in [0.25, 0.3) is 0 Å². The Morgan fingerprint density at radius 2 is 1.56 bits per heavy atom. The average Bonchev–Trinajstić information content (AvgIpc) is 3.30. The van der Waals surface area contributed by atoms with Gasteiger partial charge in [0.1, 0.15) is 6.29 Å². The van der Waals surface area contributed by atoms with Gasteiger partial charge in [0, 0.05) is 12.8 Å². The molecule has 0 radical (unpaired) electrons. The molecule has 4 rings (SSSR count). The second-order valence-corrected chi connectivity index (χ2v) is 17.4. The van der Waals surface area contributed by atoms with Gasteiger partial charge in [0.25, 0.3) is 11.8 Å². The highest BCUT2D eigenvalue weighted by atomic mass is 28.4. The Morgan fingerprint density at radius 1 is 0.974 bits per heavy atom. The van der Waals surface area contributed by atoms with Crippen molar-refractivity contribution in [2.75, 3.05) is 6.54 Å².